The molecule has 0 bridgehead atoms. The Bertz CT molecular complexity index is 1160. The molecule has 1 aliphatic carbocycles. The first-order chi connectivity index (χ1) is 15.7. The summed E-state index contributed by atoms with van der Waals surface area (Å²) in [5.41, 5.74) is 2.21. The Kier molecular flexibility index (Phi) is 6.37. The second-order valence-corrected chi connectivity index (χ2v) is 9.83. The highest BCUT2D eigenvalue weighted by Crippen LogP contribution is 2.34. The van der Waals surface area contributed by atoms with Crippen molar-refractivity contribution in [2.45, 2.75) is 58.0 Å². The average Bonchev–Trinajstić information content (AvgIpc) is 3.44. The average molecular weight is 452 g/mol. The predicted octanol–water partition coefficient (Wildman–Crippen LogP) is 3.72. The van der Waals surface area contributed by atoms with Crippen molar-refractivity contribution in [2.24, 2.45) is 0 Å². The second-order valence-electron chi connectivity index (χ2n) is 8.75. The fraction of sp³-hybridized carbons (Fsp3) is 0.480. The van der Waals surface area contributed by atoms with Crippen molar-refractivity contribution >= 4 is 27.5 Å². The van der Waals surface area contributed by atoms with Gasteiger partial charge in [0.2, 0.25) is 0 Å². The molecule has 0 spiro atoms. The van der Waals surface area contributed by atoms with Crippen LogP contribution < -0.4 is 5.56 Å². The molecule has 2 aliphatic rings. The number of ether oxygens (including phenoxy) is 1. The zero-order chi connectivity index (χ0) is 21.9. The number of fused-ring (bicyclic) bond motifs is 3. The molecule has 3 heterocycles. The van der Waals surface area contributed by atoms with Gasteiger partial charge in [0.25, 0.3) is 5.56 Å². The lowest BCUT2D eigenvalue weighted by Crippen LogP contribution is -2.33. The van der Waals surface area contributed by atoms with Crippen molar-refractivity contribution < 1.29 is 9.53 Å². The largest absolute Gasteiger partial charge is 0.464 e. The van der Waals surface area contributed by atoms with Crippen molar-refractivity contribution in [2.75, 3.05) is 19.7 Å². The zero-order valence-corrected chi connectivity index (χ0v) is 19.2. The number of rotatable bonds is 7. The van der Waals surface area contributed by atoms with E-state index in [2.05, 4.69) is 4.90 Å². The van der Waals surface area contributed by atoms with Gasteiger partial charge in [-0.15, -0.1) is 11.3 Å². The first-order valence-corrected chi connectivity index (χ1v) is 12.5. The minimum absolute atomic E-state index is 0.0790. The van der Waals surface area contributed by atoms with E-state index >= 15 is 0 Å². The maximum atomic E-state index is 13.6. The predicted molar refractivity (Wildman–Crippen MR) is 126 cm³/mol. The summed E-state index contributed by atoms with van der Waals surface area (Å²) in [7, 11) is 0. The summed E-state index contributed by atoms with van der Waals surface area (Å²) in [6, 6.07) is 9.96. The van der Waals surface area contributed by atoms with Gasteiger partial charge in [-0.25, -0.2) is 4.98 Å². The Balaban J connectivity index is 1.40. The molecule has 1 aromatic carbocycles. The number of likely N-dealkylation sites (tertiary alicyclic amines) is 1. The lowest BCUT2D eigenvalue weighted by molar-refractivity contribution is -0.144. The first-order valence-electron chi connectivity index (χ1n) is 11.6. The van der Waals surface area contributed by atoms with E-state index in [4.69, 9.17) is 9.72 Å². The third-order valence-electron chi connectivity index (χ3n) is 6.50. The van der Waals surface area contributed by atoms with E-state index in [1.807, 2.05) is 30.3 Å². The van der Waals surface area contributed by atoms with Crippen LogP contribution in [0.5, 0.6) is 0 Å². The van der Waals surface area contributed by atoms with Gasteiger partial charge in [-0.3, -0.25) is 19.1 Å². The molecule has 0 atom stereocenters. The lowest BCUT2D eigenvalue weighted by atomic mass is 9.97. The lowest BCUT2D eigenvalue weighted by Gasteiger charge is -2.18. The number of benzene rings is 1. The van der Waals surface area contributed by atoms with E-state index in [9.17, 15) is 9.59 Å². The Morgan fingerprint density at radius 2 is 1.84 bits per heavy atom. The molecule has 7 heteroatoms. The van der Waals surface area contributed by atoms with Gasteiger partial charge in [-0.2, -0.15) is 0 Å². The smallest absolute Gasteiger partial charge is 0.326 e. The number of thiophene rings is 1. The molecule has 1 fully saturated rings. The molecule has 1 aliphatic heterocycles. The van der Waals surface area contributed by atoms with E-state index < -0.39 is 0 Å². The normalized spacial score (nSPS) is 16.4. The van der Waals surface area contributed by atoms with Gasteiger partial charge < -0.3 is 4.74 Å². The Morgan fingerprint density at radius 1 is 1.06 bits per heavy atom. The monoisotopic (exact) mass is 451 g/mol. The number of esters is 1. The van der Waals surface area contributed by atoms with Crippen LogP contribution in [-0.2, 0) is 41.9 Å². The number of aryl methyl sites for hydroxylation is 2. The van der Waals surface area contributed by atoms with Gasteiger partial charge in [-0.1, -0.05) is 30.3 Å². The number of hydrogen-bond donors (Lipinski definition) is 0. The highest BCUT2D eigenvalue weighted by Gasteiger charge is 2.24. The quantitative estimate of drug-likeness (QED) is 0.513. The molecule has 6 nitrogen and oxygen atoms in total. The molecule has 168 valence electrons. The van der Waals surface area contributed by atoms with Gasteiger partial charge in [0.05, 0.1) is 18.5 Å². The van der Waals surface area contributed by atoms with Crippen molar-refractivity contribution in [3.8, 4) is 0 Å². The van der Waals surface area contributed by atoms with Crippen molar-refractivity contribution in [1.29, 1.82) is 0 Å². The van der Waals surface area contributed by atoms with Crippen LogP contribution in [-0.4, -0.2) is 40.1 Å². The summed E-state index contributed by atoms with van der Waals surface area (Å²) in [5, 5.41) is 0.729. The Hall–Kier alpha value is -2.51. The number of aromatic nitrogens is 2. The number of carbonyl (C=O) groups excluding carboxylic acids is 1. The van der Waals surface area contributed by atoms with Crippen LogP contribution in [0, 0.1) is 0 Å². The van der Waals surface area contributed by atoms with Crippen LogP contribution in [0.1, 0.15) is 47.5 Å². The standard InChI is InChI=1S/C25H29N3O3S/c29-22(31-15-12-18-8-2-1-3-9-18)17-28-21(16-27-13-6-7-14-27)26-24-23(25(28)30)19-10-4-5-11-20(19)32-24/h1-3,8-9H,4-7,10-17H2. The molecule has 0 unspecified atom stereocenters. The van der Waals surface area contributed by atoms with Crippen molar-refractivity contribution in [3.63, 3.8) is 0 Å². The van der Waals surface area contributed by atoms with E-state index in [0.717, 1.165) is 53.7 Å². The second kappa shape index (κ2) is 9.55. The fourth-order valence-electron chi connectivity index (χ4n) is 4.81. The van der Waals surface area contributed by atoms with Gasteiger partial charge in [0.1, 0.15) is 17.2 Å². The first kappa shape index (κ1) is 21.3. The van der Waals surface area contributed by atoms with Crippen LogP contribution in [0.25, 0.3) is 10.2 Å². The molecule has 32 heavy (non-hydrogen) atoms. The molecule has 0 amide bonds. The maximum Gasteiger partial charge on any atom is 0.326 e. The van der Waals surface area contributed by atoms with Crippen molar-refractivity contribution in [1.82, 2.24) is 14.5 Å². The van der Waals surface area contributed by atoms with Gasteiger partial charge in [0, 0.05) is 11.3 Å². The molecule has 0 saturated carbocycles. The summed E-state index contributed by atoms with van der Waals surface area (Å²) >= 11 is 1.67. The number of hydrogen-bond acceptors (Lipinski definition) is 6. The van der Waals surface area contributed by atoms with E-state index in [1.54, 1.807) is 15.9 Å². The SMILES string of the molecule is O=C(Cn1c(CN2CCCC2)nc2sc3c(c2c1=O)CCCC3)OCCc1ccccc1. The highest BCUT2D eigenvalue weighted by molar-refractivity contribution is 7.18. The molecule has 2 aromatic heterocycles. The highest BCUT2D eigenvalue weighted by atomic mass is 32.1. The van der Waals surface area contributed by atoms with E-state index in [0.29, 0.717) is 25.4 Å². The molecule has 0 N–H and O–H groups in total. The summed E-state index contributed by atoms with van der Waals surface area (Å²) < 4.78 is 7.08. The third kappa shape index (κ3) is 4.50. The van der Waals surface area contributed by atoms with Crippen LogP contribution in [0.3, 0.4) is 0 Å². The third-order valence-corrected chi connectivity index (χ3v) is 7.69. The van der Waals surface area contributed by atoms with Crippen molar-refractivity contribution in [3.05, 3.63) is 62.5 Å². The summed E-state index contributed by atoms with van der Waals surface area (Å²) in [6.07, 6.45) is 7.23. The maximum absolute atomic E-state index is 13.6. The van der Waals surface area contributed by atoms with E-state index in [-0.39, 0.29) is 18.1 Å². The number of carbonyl (C=O) groups is 1. The van der Waals surface area contributed by atoms with Gasteiger partial charge >= 0.3 is 5.97 Å². The Labute approximate surface area is 191 Å². The molecular formula is C25H29N3O3S. The summed E-state index contributed by atoms with van der Waals surface area (Å²) in [5.74, 6) is 0.305. The fourth-order valence-corrected chi connectivity index (χ4v) is 6.08. The number of nitrogens with zero attached hydrogens (tertiary/aromatic N) is 3. The zero-order valence-electron chi connectivity index (χ0n) is 18.3. The molecule has 5 rings (SSSR count). The van der Waals surface area contributed by atoms with Gasteiger partial charge in [-0.05, 0) is 62.7 Å². The van der Waals surface area contributed by atoms with E-state index in [1.165, 1.54) is 24.1 Å². The summed E-state index contributed by atoms with van der Waals surface area (Å²) in [4.78, 5) is 35.6. The Morgan fingerprint density at radius 3 is 2.66 bits per heavy atom. The van der Waals surface area contributed by atoms with Gasteiger partial charge in [0.15, 0.2) is 0 Å². The van der Waals surface area contributed by atoms with Crippen LogP contribution in [0.15, 0.2) is 35.1 Å². The molecular weight excluding hydrogens is 422 g/mol. The van der Waals surface area contributed by atoms with Crippen LogP contribution in [0.2, 0.25) is 0 Å². The minimum Gasteiger partial charge on any atom is -0.464 e. The molecule has 3 aromatic rings. The van der Waals surface area contributed by atoms with Crippen LogP contribution >= 0.6 is 11.3 Å². The van der Waals surface area contributed by atoms with Crippen LogP contribution in [0.4, 0.5) is 0 Å². The topological polar surface area (TPSA) is 64.4 Å². The minimum atomic E-state index is -0.379. The molecule has 0 radical (unpaired) electrons. The molecule has 1 saturated heterocycles. The summed E-state index contributed by atoms with van der Waals surface area (Å²) in [6.45, 7) is 2.85.